The van der Waals surface area contributed by atoms with Gasteiger partial charge in [-0.3, -0.25) is 19.4 Å². The van der Waals surface area contributed by atoms with Gasteiger partial charge in [-0.05, 0) is 50.5 Å². The van der Waals surface area contributed by atoms with Crippen LogP contribution < -0.4 is 0 Å². The van der Waals surface area contributed by atoms with E-state index in [1.807, 2.05) is 28.3 Å². The number of aromatic nitrogens is 4. The predicted molar refractivity (Wildman–Crippen MR) is 136 cm³/mol. The lowest BCUT2D eigenvalue weighted by Gasteiger charge is -2.35. The molecule has 8 heteroatoms. The molecular formula is C27H42N6O2. The molecule has 2 aliphatic rings. The molecular weight excluding hydrogens is 440 g/mol. The maximum Gasteiger partial charge on any atom is 0.230 e. The summed E-state index contributed by atoms with van der Waals surface area (Å²) in [7, 11) is 0. The summed E-state index contributed by atoms with van der Waals surface area (Å²) in [6.07, 6.45) is 3.15. The fourth-order valence-corrected chi connectivity index (χ4v) is 5.52. The monoisotopic (exact) mass is 482 g/mol. The number of hydrogen-bond donors (Lipinski definition) is 1. The van der Waals surface area contributed by atoms with Gasteiger partial charge in [-0.15, -0.1) is 0 Å². The summed E-state index contributed by atoms with van der Waals surface area (Å²) < 4.78 is 2.03. The van der Waals surface area contributed by atoms with Gasteiger partial charge in [-0.1, -0.05) is 34.6 Å². The van der Waals surface area contributed by atoms with E-state index in [-0.39, 0.29) is 11.8 Å². The number of amides is 2. The van der Waals surface area contributed by atoms with Gasteiger partial charge in [0, 0.05) is 25.1 Å². The summed E-state index contributed by atoms with van der Waals surface area (Å²) in [4.78, 5) is 30.4. The fraction of sp³-hybridized carbons (Fsp3) is 0.704. The molecule has 0 bridgehead atoms. The molecule has 0 atom stereocenters. The molecule has 2 aromatic rings. The van der Waals surface area contributed by atoms with Crippen molar-refractivity contribution in [2.75, 3.05) is 13.1 Å². The van der Waals surface area contributed by atoms with Crippen LogP contribution in [0.5, 0.6) is 0 Å². The summed E-state index contributed by atoms with van der Waals surface area (Å²) in [5.74, 6) is 0.977. The van der Waals surface area contributed by atoms with Crippen LogP contribution in [-0.2, 0) is 48.5 Å². The van der Waals surface area contributed by atoms with Gasteiger partial charge in [-0.2, -0.15) is 10.2 Å². The molecule has 2 amide bonds. The second kappa shape index (κ2) is 9.78. The highest BCUT2D eigenvalue weighted by Crippen LogP contribution is 2.32. The Morgan fingerprint density at radius 3 is 2.37 bits per heavy atom. The molecule has 0 fully saturated rings. The Bertz CT molecular complexity index is 1090. The molecule has 4 rings (SSSR count). The molecule has 0 aromatic carbocycles. The number of aromatic amines is 1. The summed E-state index contributed by atoms with van der Waals surface area (Å²) in [5.41, 5.74) is 6.31. The Hall–Kier alpha value is -2.64. The minimum atomic E-state index is -0.622. The molecule has 8 nitrogen and oxygen atoms in total. The second-order valence-corrected chi connectivity index (χ2v) is 11.6. The number of rotatable bonds is 7. The fourth-order valence-electron chi connectivity index (χ4n) is 5.52. The molecule has 0 saturated heterocycles. The van der Waals surface area contributed by atoms with Gasteiger partial charge in [0.15, 0.2) is 0 Å². The molecule has 35 heavy (non-hydrogen) atoms. The van der Waals surface area contributed by atoms with Crippen molar-refractivity contribution in [2.24, 2.45) is 11.3 Å². The van der Waals surface area contributed by atoms with Crippen LogP contribution in [0, 0.1) is 11.3 Å². The Labute approximate surface area is 209 Å². The Kier molecular flexibility index (Phi) is 7.11. The lowest BCUT2D eigenvalue weighted by Crippen LogP contribution is -2.46. The molecule has 0 aliphatic carbocycles. The third-order valence-corrected chi connectivity index (χ3v) is 7.42. The number of carbonyl (C=O) groups excluding carboxylic acids is 2. The normalized spacial score (nSPS) is 16.1. The van der Waals surface area contributed by atoms with E-state index in [0.717, 1.165) is 48.6 Å². The van der Waals surface area contributed by atoms with Gasteiger partial charge in [0.25, 0.3) is 0 Å². The summed E-state index contributed by atoms with van der Waals surface area (Å²) >= 11 is 0. The first-order valence-corrected chi connectivity index (χ1v) is 13.2. The van der Waals surface area contributed by atoms with E-state index < -0.39 is 5.41 Å². The van der Waals surface area contributed by atoms with Gasteiger partial charge in [0.2, 0.25) is 11.8 Å². The average Bonchev–Trinajstić information content (AvgIpc) is 3.38. The topological polar surface area (TPSA) is 87.1 Å². The Morgan fingerprint density at radius 1 is 1.03 bits per heavy atom. The van der Waals surface area contributed by atoms with Gasteiger partial charge in [0.1, 0.15) is 0 Å². The van der Waals surface area contributed by atoms with E-state index in [1.165, 1.54) is 11.1 Å². The van der Waals surface area contributed by atoms with Gasteiger partial charge < -0.3 is 9.80 Å². The van der Waals surface area contributed by atoms with E-state index in [9.17, 15) is 9.59 Å². The summed E-state index contributed by atoms with van der Waals surface area (Å²) in [5, 5.41) is 12.6. The molecule has 2 aliphatic heterocycles. The van der Waals surface area contributed by atoms with Crippen molar-refractivity contribution in [1.82, 2.24) is 29.8 Å². The first-order valence-electron chi connectivity index (χ1n) is 13.2. The zero-order chi connectivity index (χ0) is 25.5. The Balaban J connectivity index is 1.55. The van der Waals surface area contributed by atoms with Crippen molar-refractivity contribution >= 4 is 11.8 Å². The third kappa shape index (κ3) is 5.02. The molecule has 0 radical (unpaired) electrons. The largest absolute Gasteiger partial charge is 0.336 e. The van der Waals surface area contributed by atoms with Crippen molar-refractivity contribution in [3.8, 4) is 0 Å². The van der Waals surface area contributed by atoms with Crippen LogP contribution in [0.25, 0.3) is 0 Å². The van der Waals surface area contributed by atoms with E-state index in [2.05, 4.69) is 44.8 Å². The first-order chi connectivity index (χ1) is 16.5. The summed E-state index contributed by atoms with van der Waals surface area (Å²) in [6, 6.07) is 0. The van der Waals surface area contributed by atoms with E-state index >= 15 is 0 Å². The third-order valence-electron chi connectivity index (χ3n) is 7.42. The van der Waals surface area contributed by atoms with Crippen LogP contribution in [0.3, 0.4) is 0 Å². The second-order valence-electron chi connectivity index (χ2n) is 11.6. The summed E-state index contributed by atoms with van der Waals surface area (Å²) in [6.45, 7) is 17.8. The standard InChI is InChI=1S/C27H42N6O2/c1-8-21-19-9-12-32(14-22(19)29-28-21)26(35)27(6,7)16-33-23-15-31(24(34)13-17(2)3)11-10-20(23)25(30-33)18(4)5/h17-18H,8-16H2,1-7H3,(H,28,29). The maximum absolute atomic E-state index is 13.7. The van der Waals surface area contributed by atoms with E-state index in [4.69, 9.17) is 5.10 Å². The van der Waals surface area contributed by atoms with Crippen molar-refractivity contribution in [3.63, 3.8) is 0 Å². The lowest BCUT2D eigenvalue weighted by molar-refractivity contribution is -0.142. The number of nitrogens with zero attached hydrogens (tertiary/aromatic N) is 5. The van der Waals surface area contributed by atoms with Crippen LogP contribution in [0.2, 0.25) is 0 Å². The zero-order valence-electron chi connectivity index (χ0n) is 22.6. The zero-order valence-corrected chi connectivity index (χ0v) is 22.6. The van der Waals surface area contributed by atoms with E-state index in [0.29, 0.717) is 44.4 Å². The number of carbonyl (C=O) groups is 2. The number of fused-ring (bicyclic) bond motifs is 2. The highest BCUT2D eigenvalue weighted by Gasteiger charge is 2.37. The van der Waals surface area contributed by atoms with Crippen LogP contribution in [-0.4, -0.2) is 54.7 Å². The van der Waals surface area contributed by atoms with Gasteiger partial charge in [0.05, 0.1) is 47.8 Å². The van der Waals surface area contributed by atoms with Gasteiger partial charge in [-0.25, -0.2) is 0 Å². The SMILES string of the molecule is CCc1n[nH]c2c1CCN(C(=O)C(C)(C)Cn1nc(C(C)C)c3c1CN(C(=O)CC(C)C)CC3)C2. The highest BCUT2D eigenvalue weighted by atomic mass is 16.2. The minimum absolute atomic E-state index is 0.134. The first kappa shape index (κ1) is 25.5. The maximum atomic E-state index is 13.7. The average molecular weight is 483 g/mol. The van der Waals surface area contributed by atoms with Gasteiger partial charge >= 0.3 is 0 Å². The van der Waals surface area contributed by atoms with E-state index in [1.54, 1.807) is 0 Å². The van der Waals surface area contributed by atoms with Crippen LogP contribution in [0.15, 0.2) is 0 Å². The van der Waals surface area contributed by atoms with Crippen molar-refractivity contribution in [2.45, 2.75) is 99.7 Å². The smallest absolute Gasteiger partial charge is 0.230 e. The Morgan fingerprint density at radius 2 is 1.71 bits per heavy atom. The number of nitrogens with one attached hydrogen (secondary N) is 1. The highest BCUT2D eigenvalue weighted by molar-refractivity contribution is 5.82. The molecule has 0 saturated carbocycles. The van der Waals surface area contributed by atoms with Crippen LogP contribution in [0.4, 0.5) is 0 Å². The van der Waals surface area contributed by atoms with Crippen molar-refractivity contribution in [3.05, 3.63) is 33.9 Å². The predicted octanol–water partition coefficient (Wildman–Crippen LogP) is 3.83. The van der Waals surface area contributed by atoms with Crippen LogP contribution >= 0.6 is 0 Å². The molecule has 192 valence electrons. The van der Waals surface area contributed by atoms with Crippen molar-refractivity contribution < 1.29 is 9.59 Å². The van der Waals surface area contributed by atoms with Crippen molar-refractivity contribution in [1.29, 1.82) is 0 Å². The quantitative estimate of drug-likeness (QED) is 0.650. The lowest BCUT2D eigenvalue weighted by atomic mass is 9.89. The molecule has 4 heterocycles. The molecule has 1 N–H and O–H groups in total. The van der Waals surface area contributed by atoms with Crippen LogP contribution in [0.1, 0.15) is 94.7 Å². The molecule has 0 spiro atoms. The number of H-pyrrole nitrogens is 1. The number of hydrogen-bond acceptors (Lipinski definition) is 4. The molecule has 2 aromatic heterocycles. The number of aryl methyl sites for hydroxylation is 1. The minimum Gasteiger partial charge on any atom is -0.336 e. The molecule has 0 unspecified atom stereocenters.